The number of aryl methyl sites for hydroxylation is 1. The number of ether oxygens (including phenoxy) is 1. The molecule has 4 aromatic rings. The van der Waals surface area contributed by atoms with Crippen molar-refractivity contribution in [3.8, 4) is 17.0 Å². The maximum atomic E-state index is 5.22. The van der Waals surface area contributed by atoms with Gasteiger partial charge in [0, 0.05) is 23.3 Å². The van der Waals surface area contributed by atoms with Crippen LogP contribution in [-0.4, -0.2) is 26.9 Å². The van der Waals surface area contributed by atoms with Crippen molar-refractivity contribution in [1.29, 1.82) is 0 Å². The quantitative estimate of drug-likeness (QED) is 0.492. The predicted octanol–water partition coefficient (Wildman–Crippen LogP) is 4.76. The average Bonchev–Trinajstić information content (AvgIpc) is 3.36. The highest BCUT2D eigenvalue weighted by Crippen LogP contribution is 2.29. The van der Waals surface area contributed by atoms with Gasteiger partial charge in [0.25, 0.3) is 0 Å². The highest BCUT2D eigenvalue weighted by molar-refractivity contribution is 7.14. The minimum absolute atomic E-state index is 0.709. The second-order valence-electron chi connectivity index (χ2n) is 6.27. The summed E-state index contributed by atoms with van der Waals surface area (Å²) >= 11 is 1.56. The van der Waals surface area contributed by atoms with E-state index in [4.69, 9.17) is 14.8 Å². The summed E-state index contributed by atoms with van der Waals surface area (Å²) < 4.78 is 7.20. The largest absolute Gasteiger partial charge is 0.497 e. The van der Waals surface area contributed by atoms with Crippen molar-refractivity contribution in [2.75, 3.05) is 12.4 Å². The van der Waals surface area contributed by atoms with E-state index < -0.39 is 0 Å². The molecule has 7 heteroatoms. The SMILES string of the molecule is CCc1nn(Cc2ccc(OC)cc2)cc1-c1csc(Nc2ccccn2)n1. The van der Waals surface area contributed by atoms with Crippen molar-refractivity contribution in [2.45, 2.75) is 19.9 Å². The number of nitrogens with one attached hydrogen (secondary N) is 1. The van der Waals surface area contributed by atoms with Crippen LogP contribution in [0.1, 0.15) is 18.2 Å². The number of hydrogen-bond donors (Lipinski definition) is 1. The van der Waals surface area contributed by atoms with E-state index in [1.165, 1.54) is 5.56 Å². The third-order valence-electron chi connectivity index (χ3n) is 4.36. The van der Waals surface area contributed by atoms with Crippen LogP contribution in [-0.2, 0) is 13.0 Å². The molecule has 0 fully saturated rings. The fourth-order valence-corrected chi connectivity index (χ4v) is 3.65. The average molecular weight is 392 g/mol. The molecule has 0 aliphatic rings. The molecule has 28 heavy (non-hydrogen) atoms. The van der Waals surface area contributed by atoms with E-state index in [9.17, 15) is 0 Å². The smallest absolute Gasteiger partial charge is 0.188 e. The van der Waals surface area contributed by atoms with Crippen LogP contribution in [0.25, 0.3) is 11.3 Å². The zero-order valence-corrected chi connectivity index (χ0v) is 16.6. The van der Waals surface area contributed by atoms with Gasteiger partial charge in [0.15, 0.2) is 5.13 Å². The summed E-state index contributed by atoms with van der Waals surface area (Å²) in [6.07, 6.45) is 4.68. The number of anilines is 2. The highest BCUT2D eigenvalue weighted by atomic mass is 32.1. The van der Waals surface area contributed by atoms with Crippen molar-refractivity contribution in [2.24, 2.45) is 0 Å². The number of methoxy groups -OCH3 is 1. The molecule has 6 nitrogen and oxygen atoms in total. The first-order valence-corrected chi connectivity index (χ1v) is 9.96. The number of aromatic nitrogens is 4. The number of pyridine rings is 1. The number of rotatable bonds is 7. The molecule has 1 aromatic carbocycles. The van der Waals surface area contributed by atoms with Crippen LogP contribution in [0.2, 0.25) is 0 Å². The molecule has 1 N–H and O–H groups in total. The molecule has 0 amide bonds. The molecule has 3 heterocycles. The monoisotopic (exact) mass is 391 g/mol. The van der Waals surface area contributed by atoms with Gasteiger partial charge in [-0.25, -0.2) is 9.97 Å². The van der Waals surface area contributed by atoms with Gasteiger partial charge in [0.05, 0.1) is 25.0 Å². The van der Waals surface area contributed by atoms with Crippen LogP contribution in [0.5, 0.6) is 5.75 Å². The molecule has 0 atom stereocenters. The fraction of sp³-hybridized carbons (Fsp3) is 0.190. The Balaban J connectivity index is 1.54. The van der Waals surface area contributed by atoms with Crippen LogP contribution in [0.3, 0.4) is 0 Å². The fourth-order valence-electron chi connectivity index (χ4n) is 2.94. The summed E-state index contributed by atoms with van der Waals surface area (Å²) in [5.41, 5.74) is 4.22. The lowest BCUT2D eigenvalue weighted by Crippen LogP contribution is -2.00. The minimum Gasteiger partial charge on any atom is -0.497 e. The third kappa shape index (κ3) is 4.04. The van der Waals surface area contributed by atoms with Crippen molar-refractivity contribution >= 4 is 22.3 Å². The number of benzene rings is 1. The van der Waals surface area contributed by atoms with Crippen molar-refractivity contribution in [3.63, 3.8) is 0 Å². The van der Waals surface area contributed by atoms with Gasteiger partial charge in [-0.1, -0.05) is 25.1 Å². The first-order chi connectivity index (χ1) is 13.7. The summed E-state index contributed by atoms with van der Waals surface area (Å²) in [6.45, 7) is 2.82. The van der Waals surface area contributed by atoms with Crippen molar-refractivity contribution in [1.82, 2.24) is 19.7 Å². The number of nitrogens with zero attached hydrogens (tertiary/aromatic N) is 4. The van der Waals surface area contributed by atoms with Gasteiger partial charge < -0.3 is 10.1 Å². The Hall–Kier alpha value is -3.19. The van der Waals surface area contributed by atoms with E-state index >= 15 is 0 Å². The molecule has 0 bridgehead atoms. The Bertz CT molecular complexity index is 1040. The maximum absolute atomic E-state index is 5.22. The topological polar surface area (TPSA) is 64.9 Å². The van der Waals surface area contributed by atoms with Crippen LogP contribution >= 0.6 is 11.3 Å². The van der Waals surface area contributed by atoms with Crippen LogP contribution in [0.15, 0.2) is 60.2 Å². The van der Waals surface area contributed by atoms with Gasteiger partial charge in [-0.05, 0) is 36.2 Å². The molecule has 0 aliphatic heterocycles. The van der Waals surface area contributed by atoms with Gasteiger partial charge in [-0.15, -0.1) is 11.3 Å². The zero-order valence-electron chi connectivity index (χ0n) is 15.8. The maximum Gasteiger partial charge on any atom is 0.188 e. The van der Waals surface area contributed by atoms with E-state index in [1.54, 1.807) is 24.6 Å². The normalized spacial score (nSPS) is 10.8. The summed E-state index contributed by atoms with van der Waals surface area (Å²) in [6, 6.07) is 13.8. The lowest BCUT2D eigenvalue weighted by molar-refractivity contribution is 0.414. The molecular formula is C21H21N5OS. The predicted molar refractivity (Wildman–Crippen MR) is 112 cm³/mol. The Labute approximate surface area is 167 Å². The Morgan fingerprint density at radius 1 is 1.14 bits per heavy atom. The first-order valence-electron chi connectivity index (χ1n) is 9.08. The molecule has 0 spiro atoms. The van der Waals surface area contributed by atoms with Gasteiger partial charge in [0.1, 0.15) is 11.6 Å². The molecule has 0 aliphatic carbocycles. The van der Waals surface area contributed by atoms with E-state index in [1.807, 2.05) is 35.0 Å². The molecular weight excluding hydrogens is 370 g/mol. The lowest BCUT2D eigenvalue weighted by atomic mass is 10.1. The molecule has 0 saturated carbocycles. The first kappa shape index (κ1) is 18.2. The van der Waals surface area contributed by atoms with Crippen LogP contribution in [0.4, 0.5) is 10.9 Å². The lowest BCUT2D eigenvalue weighted by Gasteiger charge is -2.03. The summed E-state index contributed by atoms with van der Waals surface area (Å²) in [7, 11) is 1.67. The van der Waals surface area contributed by atoms with Gasteiger partial charge in [0.2, 0.25) is 0 Å². The van der Waals surface area contributed by atoms with E-state index in [-0.39, 0.29) is 0 Å². The Kier molecular flexibility index (Phi) is 5.34. The summed E-state index contributed by atoms with van der Waals surface area (Å²) in [5.74, 6) is 1.64. The van der Waals surface area contributed by atoms with Crippen LogP contribution in [0, 0.1) is 0 Å². The third-order valence-corrected chi connectivity index (χ3v) is 5.11. The van der Waals surface area contributed by atoms with Gasteiger partial charge >= 0.3 is 0 Å². The molecule has 0 unspecified atom stereocenters. The number of thiazole rings is 1. The Morgan fingerprint density at radius 3 is 2.71 bits per heavy atom. The Morgan fingerprint density at radius 2 is 2.00 bits per heavy atom. The number of hydrogen-bond acceptors (Lipinski definition) is 6. The van der Waals surface area contributed by atoms with Gasteiger partial charge in [-0.3, -0.25) is 4.68 Å². The summed E-state index contributed by atoms with van der Waals surface area (Å²) in [4.78, 5) is 9.01. The summed E-state index contributed by atoms with van der Waals surface area (Å²) in [5, 5.41) is 10.9. The second-order valence-corrected chi connectivity index (χ2v) is 7.12. The van der Waals surface area contributed by atoms with Crippen LogP contribution < -0.4 is 10.1 Å². The molecule has 142 valence electrons. The van der Waals surface area contributed by atoms with Crippen molar-refractivity contribution < 1.29 is 4.74 Å². The molecule has 3 aromatic heterocycles. The molecule has 4 rings (SSSR count). The highest BCUT2D eigenvalue weighted by Gasteiger charge is 2.13. The van der Waals surface area contributed by atoms with Gasteiger partial charge in [-0.2, -0.15) is 5.10 Å². The minimum atomic E-state index is 0.709. The standard InChI is InChI=1S/C21H21N5OS/c1-3-18-17(13-26(25-18)12-15-7-9-16(27-2)10-8-15)19-14-28-21(23-19)24-20-6-4-5-11-22-20/h4-11,13-14H,3,12H2,1-2H3,(H,22,23,24). The zero-order chi connectivity index (χ0) is 19.3. The van der Waals surface area contributed by atoms with E-state index in [0.717, 1.165) is 40.1 Å². The molecule has 0 radical (unpaired) electrons. The molecule has 0 saturated heterocycles. The van der Waals surface area contributed by atoms with Crippen molar-refractivity contribution in [3.05, 3.63) is 71.5 Å². The van der Waals surface area contributed by atoms with E-state index in [0.29, 0.717) is 6.54 Å². The second kappa shape index (κ2) is 8.22. The van der Waals surface area contributed by atoms with E-state index in [2.05, 4.69) is 40.9 Å².